The highest BCUT2D eigenvalue weighted by atomic mass is 32.2. The van der Waals surface area contributed by atoms with Crippen LogP contribution in [0.15, 0.2) is 0 Å². The second kappa shape index (κ2) is 7.96. The first-order chi connectivity index (χ1) is 7.31. The summed E-state index contributed by atoms with van der Waals surface area (Å²) >= 11 is 1.88. The number of rotatable bonds is 7. The predicted molar refractivity (Wildman–Crippen MR) is 70.8 cm³/mol. The van der Waals surface area contributed by atoms with Gasteiger partial charge in [0.25, 0.3) is 0 Å². The van der Waals surface area contributed by atoms with Gasteiger partial charge in [0.2, 0.25) is 5.91 Å². The minimum atomic E-state index is -0.336. The molecule has 0 aromatic rings. The molecule has 0 rings (SSSR count). The third kappa shape index (κ3) is 11.9. The molecule has 0 fully saturated rings. The fourth-order valence-corrected chi connectivity index (χ4v) is 2.02. The van der Waals surface area contributed by atoms with Gasteiger partial charge >= 0.3 is 0 Å². The number of hydrogen-bond acceptors (Lipinski definition) is 3. The van der Waals surface area contributed by atoms with Crippen LogP contribution in [0.2, 0.25) is 0 Å². The van der Waals surface area contributed by atoms with Gasteiger partial charge in [0.1, 0.15) is 0 Å². The van der Waals surface area contributed by atoms with Gasteiger partial charge in [0.05, 0.1) is 6.10 Å². The second-order valence-electron chi connectivity index (χ2n) is 5.05. The van der Waals surface area contributed by atoms with Gasteiger partial charge in [-0.3, -0.25) is 4.79 Å². The Kier molecular flexibility index (Phi) is 7.85. The van der Waals surface area contributed by atoms with Crippen molar-refractivity contribution in [2.24, 2.45) is 0 Å². The van der Waals surface area contributed by atoms with Crippen LogP contribution >= 0.6 is 11.8 Å². The van der Waals surface area contributed by atoms with E-state index in [-0.39, 0.29) is 16.8 Å². The van der Waals surface area contributed by atoms with Gasteiger partial charge in [-0.2, -0.15) is 11.8 Å². The van der Waals surface area contributed by atoms with Gasteiger partial charge in [-0.05, 0) is 25.5 Å². The molecule has 0 aromatic carbocycles. The van der Waals surface area contributed by atoms with Crippen molar-refractivity contribution in [3.8, 4) is 0 Å². The van der Waals surface area contributed by atoms with Crippen molar-refractivity contribution in [2.75, 3.05) is 12.3 Å². The van der Waals surface area contributed by atoms with Gasteiger partial charge in [-0.15, -0.1) is 0 Å². The molecule has 3 nitrogen and oxygen atoms in total. The summed E-state index contributed by atoms with van der Waals surface area (Å²) in [4.78, 5) is 11.3. The van der Waals surface area contributed by atoms with Crippen LogP contribution in [0.25, 0.3) is 0 Å². The Balaban J connectivity index is 3.38. The third-order valence-corrected chi connectivity index (χ3v) is 3.33. The van der Waals surface area contributed by atoms with E-state index in [0.29, 0.717) is 19.4 Å². The first kappa shape index (κ1) is 15.8. The molecule has 0 saturated carbocycles. The van der Waals surface area contributed by atoms with E-state index in [1.807, 2.05) is 11.8 Å². The van der Waals surface area contributed by atoms with Gasteiger partial charge in [-0.25, -0.2) is 0 Å². The summed E-state index contributed by atoms with van der Waals surface area (Å²) in [6.45, 7) is 8.84. The molecule has 0 heterocycles. The molecule has 2 N–H and O–H groups in total. The minimum absolute atomic E-state index is 0.0927. The quantitative estimate of drug-likeness (QED) is 0.678. The topological polar surface area (TPSA) is 49.3 Å². The molecule has 4 heteroatoms. The van der Waals surface area contributed by atoms with Gasteiger partial charge in [0, 0.05) is 17.7 Å². The molecule has 16 heavy (non-hydrogen) atoms. The highest BCUT2D eigenvalue weighted by Crippen LogP contribution is 2.23. The number of carbonyl (C=O) groups excluding carboxylic acids is 1. The number of aliphatic hydroxyl groups excluding tert-OH is 1. The minimum Gasteiger partial charge on any atom is -0.393 e. The first-order valence-electron chi connectivity index (χ1n) is 5.90. The predicted octanol–water partition coefficient (Wildman–Crippen LogP) is 2.19. The Labute approximate surface area is 103 Å². The standard InChI is InChI=1S/C12H25NO2S/c1-10(14)7-8-13-11(15)6-5-9-16-12(2,3)4/h10,14H,5-9H2,1-4H3,(H,13,15). The summed E-state index contributed by atoms with van der Waals surface area (Å²) in [5, 5.41) is 11.8. The van der Waals surface area contributed by atoms with E-state index in [4.69, 9.17) is 5.11 Å². The molecular formula is C12H25NO2S. The van der Waals surface area contributed by atoms with Crippen LogP contribution in [-0.4, -0.2) is 34.2 Å². The average molecular weight is 247 g/mol. The molecule has 0 bridgehead atoms. The number of carbonyl (C=O) groups is 1. The fraction of sp³-hybridized carbons (Fsp3) is 0.917. The van der Waals surface area contributed by atoms with Crippen LogP contribution in [0.5, 0.6) is 0 Å². The Morgan fingerprint density at radius 3 is 2.56 bits per heavy atom. The summed E-state index contributed by atoms with van der Waals surface area (Å²) in [6, 6.07) is 0. The molecule has 0 aromatic heterocycles. The zero-order valence-corrected chi connectivity index (χ0v) is 11.7. The highest BCUT2D eigenvalue weighted by molar-refractivity contribution is 8.00. The van der Waals surface area contributed by atoms with Crippen LogP contribution in [0.4, 0.5) is 0 Å². The number of hydrogen-bond donors (Lipinski definition) is 2. The normalized spacial score (nSPS) is 13.6. The molecule has 0 saturated heterocycles. The van der Waals surface area contributed by atoms with Crippen molar-refractivity contribution in [2.45, 2.75) is 57.8 Å². The zero-order chi connectivity index (χ0) is 12.6. The van der Waals surface area contributed by atoms with Crippen LogP contribution in [-0.2, 0) is 4.79 Å². The summed E-state index contributed by atoms with van der Waals surface area (Å²) in [5.74, 6) is 1.11. The van der Waals surface area contributed by atoms with Crippen molar-refractivity contribution in [1.82, 2.24) is 5.32 Å². The molecule has 0 aliphatic rings. The van der Waals surface area contributed by atoms with Gasteiger partial charge in [-0.1, -0.05) is 20.8 Å². The zero-order valence-electron chi connectivity index (χ0n) is 10.9. The summed E-state index contributed by atoms with van der Waals surface area (Å²) in [6.07, 6.45) is 1.80. The molecular weight excluding hydrogens is 222 g/mol. The maximum atomic E-state index is 11.3. The number of thioether (sulfide) groups is 1. The summed E-state index contributed by atoms with van der Waals surface area (Å²) in [5.41, 5.74) is 0. The molecule has 0 aliphatic carbocycles. The van der Waals surface area contributed by atoms with E-state index in [2.05, 4.69) is 26.1 Å². The van der Waals surface area contributed by atoms with Crippen molar-refractivity contribution in [1.29, 1.82) is 0 Å². The van der Waals surface area contributed by atoms with E-state index < -0.39 is 0 Å². The monoisotopic (exact) mass is 247 g/mol. The summed E-state index contributed by atoms with van der Waals surface area (Å²) < 4.78 is 0.281. The lowest BCUT2D eigenvalue weighted by molar-refractivity contribution is -0.121. The molecule has 1 amide bonds. The Morgan fingerprint density at radius 1 is 1.44 bits per heavy atom. The number of nitrogens with one attached hydrogen (secondary N) is 1. The Hall–Kier alpha value is -0.220. The van der Waals surface area contributed by atoms with Crippen LogP contribution in [0.1, 0.15) is 47.0 Å². The molecule has 0 aliphatic heterocycles. The lowest BCUT2D eigenvalue weighted by atomic mass is 10.2. The Morgan fingerprint density at radius 2 is 2.06 bits per heavy atom. The highest BCUT2D eigenvalue weighted by Gasteiger charge is 2.10. The van der Waals surface area contributed by atoms with E-state index in [1.165, 1.54) is 0 Å². The fourth-order valence-electron chi connectivity index (χ4n) is 1.12. The lowest BCUT2D eigenvalue weighted by Gasteiger charge is -2.17. The smallest absolute Gasteiger partial charge is 0.220 e. The van der Waals surface area contributed by atoms with Crippen molar-refractivity contribution in [3.63, 3.8) is 0 Å². The van der Waals surface area contributed by atoms with Crippen molar-refractivity contribution >= 4 is 17.7 Å². The van der Waals surface area contributed by atoms with E-state index in [0.717, 1.165) is 12.2 Å². The van der Waals surface area contributed by atoms with E-state index >= 15 is 0 Å². The Bertz CT molecular complexity index is 200. The molecule has 96 valence electrons. The SMILES string of the molecule is CC(O)CCNC(=O)CCCSC(C)(C)C. The van der Waals surface area contributed by atoms with Crippen LogP contribution in [0.3, 0.4) is 0 Å². The number of amides is 1. The molecule has 1 atom stereocenters. The molecule has 0 spiro atoms. The maximum absolute atomic E-state index is 11.3. The van der Waals surface area contributed by atoms with Crippen LogP contribution < -0.4 is 5.32 Å². The van der Waals surface area contributed by atoms with E-state index in [1.54, 1.807) is 6.92 Å². The summed E-state index contributed by atoms with van der Waals surface area (Å²) in [7, 11) is 0. The second-order valence-corrected chi connectivity index (χ2v) is 6.97. The largest absolute Gasteiger partial charge is 0.393 e. The average Bonchev–Trinajstić information content (AvgIpc) is 2.10. The van der Waals surface area contributed by atoms with Crippen molar-refractivity contribution < 1.29 is 9.90 Å². The molecule has 1 unspecified atom stereocenters. The lowest BCUT2D eigenvalue weighted by Crippen LogP contribution is -2.26. The van der Waals surface area contributed by atoms with E-state index in [9.17, 15) is 4.79 Å². The van der Waals surface area contributed by atoms with Gasteiger partial charge in [0.15, 0.2) is 0 Å². The van der Waals surface area contributed by atoms with Crippen molar-refractivity contribution in [3.05, 3.63) is 0 Å². The molecule has 0 radical (unpaired) electrons. The van der Waals surface area contributed by atoms with Crippen LogP contribution in [0, 0.1) is 0 Å². The van der Waals surface area contributed by atoms with Gasteiger partial charge < -0.3 is 10.4 Å². The maximum Gasteiger partial charge on any atom is 0.220 e. The third-order valence-electron chi connectivity index (χ3n) is 1.97. The number of aliphatic hydroxyl groups is 1. The first-order valence-corrected chi connectivity index (χ1v) is 6.88.